The average molecular weight is 382 g/mol. The molecule has 0 unspecified atom stereocenters. The standard InChI is InChI=1S/C22H26N2O4/c1-15-22(16(2)28-24-15)9-10-23-14-17-5-7-18(8-6-17)27-21-12-19(25-3)11-20(13-21)26-4/h5-8,11-13,23H,9-10,14H2,1-4H3. The molecular formula is C22H26N2O4. The zero-order valence-electron chi connectivity index (χ0n) is 16.7. The maximum absolute atomic E-state index is 5.92. The summed E-state index contributed by atoms with van der Waals surface area (Å²) >= 11 is 0. The van der Waals surface area contributed by atoms with Gasteiger partial charge in [-0.05, 0) is 44.5 Å². The molecule has 0 radical (unpaired) electrons. The highest BCUT2D eigenvalue weighted by molar-refractivity contribution is 5.44. The summed E-state index contributed by atoms with van der Waals surface area (Å²) in [7, 11) is 3.23. The van der Waals surface area contributed by atoms with Gasteiger partial charge in [0.05, 0.1) is 19.9 Å². The second kappa shape index (κ2) is 9.28. The van der Waals surface area contributed by atoms with Gasteiger partial charge in [-0.3, -0.25) is 0 Å². The molecule has 0 aliphatic heterocycles. The molecule has 0 spiro atoms. The maximum atomic E-state index is 5.92. The predicted octanol–water partition coefficient (Wildman–Crippen LogP) is 4.43. The number of hydrogen-bond acceptors (Lipinski definition) is 6. The van der Waals surface area contributed by atoms with Crippen LogP contribution >= 0.6 is 0 Å². The van der Waals surface area contributed by atoms with E-state index in [2.05, 4.69) is 22.6 Å². The summed E-state index contributed by atoms with van der Waals surface area (Å²) in [6, 6.07) is 13.5. The molecule has 0 saturated carbocycles. The first-order chi connectivity index (χ1) is 13.6. The minimum absolute atomic E-state index is 0.668. The van der Waals surface area contributed by atoms with Crippen molar-refractivity contribution < 1.29 is 18.7 Å². The maximum Gasteiger partial charge on any atom is 0.137 e. The van der Waals surface area contributed by atoms with Crippen LogP contribution in [-0.4, -0.2) is 25.9 Å². The quantitative estimate of drug-likeness (QED) is 0.552. The van der Waals surface area contributed by atoms with Crippen molar-refractivity contribution in [2.24, 2.45) is 0 Å². The smallest absolute Gasteiger partial charge is 0.137 e. The van der Waals surface area contributed by atoms with Crippen molar-refractivity contribution >= 4 is 0 Å². The van der Waals surface area contributed by atoms with Gasteiger partial charge < -0.3 is 24.1 Å². The second-order valence-electron chi connectivity index (χ2n) is 6.52. The van der Waals surface area contributed by atoms with Crippen molar-refractivity contribution in [2.75, 3.05) is 20.8 Å². The first-order valence-electron chi connectivity index (χ1n) is 9.21. The summed E-state index contributed by atoms with van der Waals surface area (Å²) in [4.78, 5) is 0. The highest BCUT2D eigenvalue weighted by Crippen LogP contribution is 2.30. The lowest BCUT2D eigenvalue weighted by atomic mass is 10.1. The van der Waals surface area contributed by atoms with Gasteiger partial charge in [-0.1, -0.05) is 17.3 Å². The number of nitrogens with zero attached hydrogens (tertiary/aromatic N) is 1. The number of hydrogen-bond donors (Lipinski definition) is 1. The largest absolute Gasteiger partial charge is 0.496 e. The molecule has 0 amide bonds. The Morgan fingerprint density at radius 3 is 2.11 bits per heavy atom. The summed E-state index contributed by atoms with van der Waals surface area (Å²) in [6.07, 6.45) is 0.903. The fourth-order valence-electron chi connectivity index (χ4n) is 2.96. The molecule has 3 rings (SSSR count). The molecule has 28 heavy (non-hydrogen) atoms. The SMILES string of the molecule is COc1cc(OC)cc(Oc2ccc(CNCCc3c(C)noc3C)cc2)c1. The van der Waals surface area contributed by atoms with Crippen LogP contribution in [0.5, 0.6) is 23.0 Å². The zero-order chi connectivity index (χ0) is 19.9. The van der Waals surface area contributed by atoms with E-state index in [9.17, 15) is 0 Å². The molecule has 3 aromatic rings. The molecule has 148 valence electrons. The molecule has 2 aromatic carbocycles. The van der Waals surface area contributed by atoms with Crippen LogP contribution in [0.1, 0.15) is 22.6 Å². The van der Waals surface area contributed by atoms with Gasteiger partial charge in [0.25, 0.3) is 0 Å². The predicted molar refractivity (Wildman–Crippen MR) is 107 cm³/mol. The van der Waals surface area contributed by atoms with E-state index < -0.39 is 0 Å². The molecular weight excluding hydrogens is 356 g/mol. The van der Waals surface area contributed by atoms with Crippen LogP contribution in [0.15, 0.2) is 47.0 Å². The molecule has 6 nitrogen and oxygen atoms in total. The van der Waals surface area contributed by atoms with Gasteiger partial charge in [-0.15, -0.1) is 0 Å². The first kappa shape index (κ1) is 19.8. The normalized spacial score (nSPS) is 10.7. The van der Waals surface area contributed by atoms with Crippen LogP contribution in [0.2, 0.25) is 0 Å². The number of nitrogens with one attached hydrogen (secondary N) is 1. The third-order valence-electron chi connectivity index (χ3n) is 4.55. The molecule has 1 N–H and O–H groups in total. The third-order valence-corrected chi connectivity index (χ3v) is 4.55. The first-order valence-corrected chi connectivity index (χ1v) is 9.21. The molecule has 0 aliphatic carbocycles. The van der Waals surface area contributed by atoms with Gasteiger partial charge in [0, 0.05) is 30.3 Å². The van der Waals surface area contributed by atoms with E-state index in [1.807, 2.05) is 44.2 Å². The van der Waals surface area contributed by atoms with E-state index in [-0.39, 0.29) is 0 Å². The van der Waals surface area contributed by atoms with Crippen molar-refractivity contribution in [2.45, 2.75) is 26.8 Å². The minimum Gasteiger partial charge on any atom is -0.496 e. The summed E-state index contributed by atoms with van der Waals surface area (Å²) < 4.78 is 21.7. The molecule has 6 heteroatoms. The Bertz CT molecular complexity index is 862. The Kier molecular flexibility index (Phi) is 6.55. The van der Waals surface area contributed by atoms with E-state index in [1.54, 1.807) is 14.2 Å². The lowest BCUT2D eigenvalue weighted by Gasteiger charge is -2.11. The lowest BCUT2D eigenvalue weighted by molar-refractivity contribution is 0.386. The van der Waals surface area contributed by atoms with E-state index in [0.717, 1.165) is 36.7 Å². The average Bonchev–Trinajstić information content (AvgIpc) is 3.04. The Morgan fingerprint density at radius 2 is 1.54 bits per heavy atom. The minimum atomic E-state index is 0.668. The van der Waals surface area contributed by atoms with Crippen LogP contribution in [0.3, 0.4) is 0 Å². The number of aromatic nitrogens is 1. The zero-order valence-corrected chi connectivity index (χ0v) is 16.7. The Labute approximate surface area is 165 Å². The summed E-state index contributed by atoms with van der Waals surface area (Å²) in [5.41, 5.74) is 3.34. The van der Waals surface area contributed by atoms with Crippen molar-refractivity contribution in [3.05, 3.63) is 65.0 Å². The Morgan fingerprint density at radius 1 is 0.893 bits per heavy atom. The number of methoxy groups -OCH3 is 2. The lowest BCUT2D eigenvalue weighted by Crippen LogP contribution is -2.17. The van der Waals surface area contributed by atoms with E-state index in [0.29, 0.717) is 17.2 Å². The Hall–Kier alpha value is -2.99. The van der Waals surface area contributed by atoms with Crippen molar-refractivity contribution in [1.29, 1.82) is 0 Å². The van der Waals surface area contributed by atoms with Crippen LogP contribution in [0, 0.1) is 13.8 Å². The van der Waals surface area contributed by atoms with Gasteiger partial charge >= 0.3 is 0 Å². The molecule has 0 bridgehead atoms. The summed E-state index contributed by atoms with van der Waals surface area (Å²) in [5, 5.41) is 7.44. The fraction of sp³-hybridized carbons (Fsp3) is 0.318. The second-order valence-corrected chi connectivity index (χ2v) is 6.52. The van der Waals surface area contributed by atoms with Gasteiger partial charge in [0.15, 0.2) is 0 Å². The van der Waals surface area contributed by atoms with Crippen LogP contribution in [0.25, 0.3) is 0 Å². The molecule has 0 fully saturated rings. The number of benzene rings is 2. The van der Waals surface area contributed by atoms with Crippen LogP contribution < -0.4 is 19.5 Å². The van der Waals surface area contributed by atoms with Crippen molar-refractivity contribution in [3.8, 4) is 23.0 Å². The summed E-state index contributed by atoms with van der Waals surface area (Å²) in [6.45, 7) is 5.58. The van der Waals surface area contributed by atoms with Gasteiger partial charge in [-0.2, -0.15) is 0 Å². The van der Waals surface area contributed by atoms with Gasteiger partial charge in [0.1, 0.15) is 28.8 Å². The van der Waals surface area contributed by atoms with Crippen molar-refractivity contribution in [3.63, 3.8) is 0 Å². The monoisotopic (exact) mass is 382 g/mol. The molecule has 0 aliphatic rings. The number of aryl methyl sites for hydroxylation is 2. The Balaban J connectivity index is 1.52. The topological polar surface area (TPSA) is 65.8 Å². The molecule has 1 heterocycles. The number of rotatable bonds is 9. The summed E-state index contributed by atoms with van der Waals surface area (Å²) in [5.74, 6) is 3.70. The molecule has 0 saturated heterocycles. The van der Waals surface area contributed by atoms with Gasteiger partial charge in [-0.25, -0.2) is 0 Å². The van der Waals surface area contributed by atoms with Crippen LogP contribution in [-0.2, 0) is 13.0 Å². The number of ether oxygens (including phenoxy) is 3. The van der Waals surface area contributed by atoms with Gasteiger partial charge in [0.2, 0.25) is 0 Å². The van der Waals surface area contributed by atoms with E-state index >= 15 is 0 Å². The van der Waals surface area contributed by atoms with Crippen LogP contribution in [0.4, 0.5) is 0 Å². The fourth-order valence-corrected chi connectivity index (χ4v) is 2.96. The molecule has 0 atom stereocenters. The van der Waals surface area contributed by atoms with Crippen molar-refractivity contribution in [1.82, 2.24) is 10.5 Å². The van der Waals surface area contributed by atoms with E-state index in [1.165, 1.54) is 11.1 Å². The van der Waals surface area contributed by atoms with E-state index in [4.69, 9.17) is 18.7 Å². The molecule has 1 aromatic heterocycles. The highest BCUT2D eigenvalue weighted by atomic mass is 16.5. The highest BCUT2D eigenvalue weighted by Gasteiger charge is 2.08. The third kappa shape index (κ3) is 5.04.